The summed E-state index contributed by atoms with van der Waals surface area (Å²) < 4.78 is 4.65. The summed E-state index contributed by atoms with van der Waals surface area (Å²) in [6, 6.07) is 3.86. The molecule has 0 spiro atoms. The number of benzene rings is 1. The highest BCUT2D eigenvalue weighted by atomic mass is 16.6. The molecule has 8 nitrogen and oxygen atoms in total. The highest BCUT2D eigenvalue weighted by Gasteiger charge is 2.23. The second-order valence-corrected chi connectivity index (χ2v) is 5.07. The first-order valence-corrected chi connectivity index (χ1v) is 6.54. The van der Waals surface area contributed by atoms with Crippen LogP contribution in [-0.2, 0) is 0 Å². The lowest BCUT2D eigenvalue weighted by molar-refractivity contribution is -0.383. The van der Waals surface area contributed by atoms with E-state index in [1.54, 1.807) is 6.07 Å². The van der Waals surface area contributed by atoms with Crippen LogP contribution in [-0.4, -0.2) is 33.9 Å². The molecule has 0 saturated carbocycles. The van der Waals surface area contributed by atoms with Gasteiger partial charge in [-0.3, -0.25) is 10.1 Å². The molecule has 3 rings (SSSR count). The molecule has 1 fully saturated rings. The zero-order valence-corrected chi connectivity index (χ0v) is 11.0. The zero-order valence-electron chi connectivity index (χ0n) is 11.0. The molecular formula is C12H15N5O3. The number of nitrogens with zero attached hydrogens (tertiary/aromatic N) is 3. The van der Waals surface area contributed by atoms with Crippen molar-refractivity contribution < 1.29 is 9.55 Å². The van der Waals surface area contributed by atoms with Gasteiger partial charge in [-0.25, -0.2) is 4.63 Å². The summed E-state index contributed by atoms with van der Waals surface area (Å²) in [5, 5.41) is 25.1. The van der Waals surface area contributed by atoms with Crippen LogP contribution in [0.4, 0.5) is 11.4 Å². The molecule has 2 aromatic rings. The number of fused-ring (bicyclic) bond motifs is 1. The van der Waals surface area contributed by atoms with Gasteiger partial charge in [0.15, 0.2) is 5.52 Å². The number of piperidine rings is 1. The van der Waals surface area contributed by atoms with Crippen LogP contribution in [0.5, 0.6) is 0 Å². The van der Waals surface area contributed by atoms with Crippen molar-refractivity contribution in [3.63, 3.8) is 0 Å². The van der Waals surface area contributed by atoms with Gasteiger partial charge in [0.25, 0.3) is 0 Å². The summed E-state index contributed by atoms with van der Waals surface area (Å²) in [6.45, 7) is 3.09. The third-order valence-corrected chi connectivity index (χ3v) is 3.57. The standard InChI is InChI=1S/C12H15N5O3/c1-7-6-8(4-5-13-7)14-9-2-3-10(17(18)19)12-11(9)15-20-16-12/h2-3,7-8,13-14H,4-6H2,1H3. The van der Waals surface area contributed by atoms with E-state index in [9.17, 15) is 10.1 Å². The van der Waals surface area contributed by atoms with E-state index in [0.717, 1.165) is 25.1 Å². The first-order chi connectivity index (χ1) is 9.65. The molecule has 1 aliphatic rings. The molecule has 20 heavy (non-hydrogen) atoms. The van der Waals surface area contributed by atoms with Crippen LogP contribution < -0.4 is 10.6 Å². The van der Waals surface area contributed by atoms with E-state index in [-0.39, 0.29) is 11.2 Å². The van der Waals surface area contributed by atoms with Crippen molar-refractivity contribution in [3.8, 4) is 0 Å². The Labute approximate surface area is 114 Å². The topological polar surface area (TPSA) is 106 Å². The fraction of sp³-hybridized carbons (Fsp3) is 0.500. The maximum Gasteiger partial charge on any atom is 0.300 e. The first-order valence-electron chi connectivity index (χ1n) is 6.54. The highest BCUT2D eigenvalue weighted by molar-refractivity contribution is 5.93. The van der Waals surface area contributed by atoms with Gasteiger partial charge in [0.05, 0.1) is 10.6 Å². The number of aromatic nitrogens is 2. The average molecular weight is 277 g/mol. The summed E-state index contributed by atoms with van der Waals surface area (Å²) in [5.41, 5.74) is 1.23. The SMILES string of the molecule is CC1CC(Nc2ccc([N+](=O)[O-])c3nonc23)CCN1. The summed E-state index contributed by atoms with van der Waals surface area (Å²) in [5.74, 6) is 0. The monoisotopic (exact) mass is 277 g/mol. The third kappa shape index (κ3) is 2.29. The van der Waals surface area contributed by atoms with E-state index >= 15 is 0 Å². The number of anilines is 1. The Morgan fingerprint density at radius 1 is 1.45 bits per heavy atom. The van der Waals surface area contributed by atoms with Gasteiger partial charge in [0, 0.05) is 18.2 Å². The number of nitro groups is 1. The van der Waals surface area contributed by atoms with Crippen molar-refractivity contribution in [1.29, 1.82) is 0 Å². The predicted molar refractivity (Wildman–Crippen MR) is 72.6 cm³/mol. The van der Waals surface area contributed by atoms with Gasteiger partial charge in [-0.05, 0) is 42.7 Å². The van der Waals surface area contributed by atoms with Crippen molar-refractivity contribution in [2.24, 2.45) is 0 Å². The van der Waals surface area contributed by atoms with Gasteiger partial charge >= 0.3 is 5.69 Å². The van der Waals surface area contributed by atoms with Gasteiger partial charge in [0.1, 0.15) is 0 Å². The third-order valence-electron chi connectivity index (χ3n) is 3.57. The van der Waals surface area contributed by atoms with Crippen LogP contribution >= 0.6 is 0 Å². The second kappa shape index (κ2) is 5.04. The van der Waals surface area contributed by atoms with Gasteiger partial charge in [0.2, 0.25) is 5.52 Å². The normalized spacial score (nSPS) is 22.9. The van der Waals surface area contributed by atoms with Gasteiger partial charge in [-0.2, -0.15) is 0 Å². The Balaban J connectivity index is 1.90. The van der Waals surface area contributed by atoms with Crippen LogP contribution in [0, 0.1) is 10.1 Å². The number of rotatable bonds is 3. The molecule has 2 N–H and O–H groups in total. The van der Waals surface area contributed by atoms with E-state index in [4.69, 9.17) is 0 Å². The lowest BCUT2D eigenvalue weighted by atomic mass is 10.0. The number of nitrogens with one attached hydrogen (secondary N) is 2. The number of non-ortho nitro benzene ring substituents is 1. The molecule has 106 valence electrons. The van der Waals surface area contributed by atoms with Crippen molar-refractivity contribution in [2.75, 3.05) is 11.9 Å². The van der Waals surface area contributed by atoms with E-state index in [1.807, 2.05) is 0 Å². The van der Waals surface area contributed by atoms with E-state index < -0.39 is 4.92 Å². The van der Waals surface area contributed by atoms with Gasteiger partial charge in [-0.1, -0.05) is 0 Å². The maximum atomic E-state index is 10.9. The van der Waals surface area contributed by atoms with Crippen molar-refractivity contribution in [2.45, 2.75) is 31.8 Å². The van der Waals surface area contributed by atoms with Crippen molar-refractivity contribution >= 4 is 22.4 Å². The minimum absolute atomic E-state index is 0.0921. The largest absolute Gasteiger partial charge is 0.380 e. The number of nitro benzene ring substituents is 1. The Hall–Kier alpha value is -2.22. The molecule has 8 heteroatoms. The number of hydrogen-bond donors (Lipinski definition) is 2. The lowest BCUT2D eigenvalue weighted by Gasteiger charge is -2.29. The zero-order chi connectivity index (χ0) is 14.1. The minimum atomic E-state index is -0.483. The molecule has 1 saturated heterocycles. The molecule has 0 amide bonds. The molecular weight excluding hydrogens is 262 g/mol. The molecule has 2 heterocycles. The van der Waals surface area contributed by atoms with Crippen LogP contribution in [0.3, 0.4) is 0 Å². The molecule has 1 aliphatic heterocycles. The van der Waals surface area contributed by atoms with Crippen molar-refractivity contribution in [3.05, 3.63) is 22.2 Å². The summed E-state index contributed by atoms with van der Waals surface area (Å²) in [4.78, 5) is 10.4. The number of hydrogen-bond acceptors (Lipinski definition) is 7. The van der Waals surface area contributed by atoms with E-state index in [1.165, 1.54) is 6.07 Å². The Morgan fingerprint density at radius 2 is 2.25 bits per heavy atom. The molecule has 0 aliphatic carbocycles. The first kappa shape index (κ1) is 12.8. The molecule has 0 radical (unpaired) electrons. The van der Waals surface area contributed by atoms with Gasteiger partial charge in [-0.15, -0.1) is 0 Å². The Morgan fingerprint density at radius 3 is 3.00 bits per heavy atom. The van der Waals surface area contributed by atoms with Gasteiger partial charge < -0.3 is 10.6 Å². The molecule has 2 atom stereocenters. The lowest BCUT2D eigenvalue weighted by Crippen LogP contribution is -2.41. The Bertz CT molecular complexity index is 641. The molecule has 2 unspecified atom stereocenters. The van der Waals surface area contributed by atoms with Crippen LogP contribution in [0.1, 0.15) is 19.8 Å². The second-order valence-electron chi connectivity index (χ2n) is 5.07. The highest BCUT2D eigenvalue weighted by Crippen LogP contribution is 2.29. The van der Waals surface area contributed by atoms with Crippen molar-refractivity contribution in [1.82, 2.24) is 15.6 Å². The van der Waals surface area contributed by atoms with E-state index in [2.05, 4.69) is 32.5 Å². The molecule has 0 bridgehead atoms. The molecule has 1 aromatic carbocycles. The van der Waals surface area contributed by atoms with Crippen LogP contribution in [0.25, 0.3) is 11.0 Å². The smallest absolute Gasteiger partial charge is 0.300 e. The summed E-state index contributed by atoms with van der Waals surface area (Å²) in [7, 11) is 0. The van der Waals surface area contributed by atoms with E-state index in [0.29, 0.717) is 17.6 Å². The minimum Gasteiger partial charge on any atom is -0.380 e. The molecule has 1 aromatic heterocycles. The quantitative estimate of drug-likeness (QED) is 0.649. The predicted octanol–water partition coefficient (Wildman–Crippen LogP) is 1.68. The maximum absolute atomic E-state index is 10.9. The Kier molecular flexibility index (Phi) is 3.23. The van der Waals surface area contributed by atoms with Crippen LogP contribution in [0.15, 0.2) is 16.8 Å². The fourth-order valence-corrected chi connectivity index (χ4v) is 2.60. The van der Waals surface area contributed by atoms with Crippen LogP contribution in [0.2, 0.25) is 0 Å². The summed E-state index contributed by atoms with van der Waals surface area (Å²) in [6.07, 6.45) is 1.98. The average Bonchev–Trinajstić information content (AvgIpc) is 2.88. The fourth-order valence-electron chi connectivity index (χ4n) is 2.60. The summed E-state index contributed by atoms with van der Waals surface area (Å²) >= 11 is 0.